The van der Waals surface area contributed by atoms with Crippen LogP contribution in [0.4, 0.5) is 4.39 Å². The average Bonchev–Trinajstić information content (AvgIpc) is 3.09. The van der Waals surface area contributed by atoms with Crippen molar-refractivity contribution in [2.24, 2.45) is 0 Å². The zero-order valence-corrected chi connectivity index (χ0v) is 21.7. The second-order valence-electron chi connectivity index (χ2n) is 9.65. The molecular formula is C27H32FN3O5S. The first-order valence-corrected chi connectivity index (χ1v) is 14.1. The number of nitrogens with zero attached hydrogens (tertiary/aromatic N) is 2. The molecule has 0 saturated heterocycles. The first-order valence-electron chi connectivity index (χ1n) is 12.7. The number of carbonyl (C=O) groups excluding carboxylic acids is 3. The summed E-state index contributed by atoms with van der Waals surface area (Å²) in [5, 5.41) is 3.05. The smallest absolute Gasteiger partial charge is 0.269 e. The molecule has 0 radical (unpaired) electrons. The molecule has 1 fully saturated rings. The molecule has 198 valence electrons. The fraction of sp³-hybridized carbons (Fsp3) is 0.444. The predicted molar refractivity (Wildman–Crippen MR) is 135 cm³/mol. The van der Waals surface area contributed by atoms with E-state index < -0.39 is 27.8 Å². The monoisotopic (exact) mass is 529 g/mol. The van der Waals surface area contributed by atoms with Gasteiger partial charge >= 0.3 is 0 Å². The minimum atomic E-state index is -3.95. The van der Waals surface area contributed by atoms with Gasteiger partial charge in [0.25, 0.3) is 15.9 Å². The highest BCUT2D eigenvalue weighted by atomic mass is 32.2. The van der Waals surface area contributed by atoms with Crippen LogP contribution in [0.3, 0.4) is 0 Å². The Balaban J connectivity index is 1.43. The van der Waals surface area contributed by atoms with Crippen molar-refractivity contribution in [1.29, 1.82) is 0 Å². The van der Waals surface area contributed by atoms with E-state index in [4.69, 9.17) is 0 Å². The molecule has 8 nitrogen and oxygen atoms in total. The van der Waals surface area contributed by atoms with Gasteiger partial charge in [0.2, 0.25) is 11.8 Å². The molecule has 1 heterocycles. The number of carbonyl (C=O) groups is 3. The van der Waals surface area contributed by atoms with Crippen LogP contribution in [-0.4, -0.2) is 54.0 Å². The Kier molecular flexibility index (Phi) is 8.26. The van der Waals surface area contributed by atoms with E-state index in [1.54, 1.807) is 31.2 Å². The normalized spacial score (nSPS) is 17.8. The van der Waals surface area contributed by atoms with Gasteiger partial charge in [-0.2, -0.15) is 0 Å². The molecule has 1 aliphatic carbocycles. The molecule has 1 N–H and O–H groups in total. The molecule has 1 aliphatic heterocycles. The lowest BCUT2D eigenvalue weighted by Crippen LogP contribution is -2.50. The number of sulfonamides is 1. The van der Waals surface area contributed by atoms with Gasteiger partial charge in [-0.25, -0.2) is 17.1 Å². The molecule has 0 aromatic heterocycles. The number of hydrogen-bond acceptors (Lipinski definition) is 5. The summed E-state index contributed by atoms with van der Waals surface area (Å²) in [7, 11) is -3.95. The van der Waals surface area contributed by atoms with Gasteiger partial charge in [0.15, 0.2) is 0 Å². The van der Waals surface area contributed by atoms with Gasteiger partial charge in [-0.15, -0.1) is 0 Å². The van der Waals surface area contributed by atoms with Crippen molar-refractivity contribution in [3.8, 4) is 0 Å². The first-order chi connectivity index (χ1) is 17.7. The number of benzene rings is 2. The summed E-state index contributed by atoms with van der Waals surface area (Å²) in [6, 6.07) is 11.1. The average molecular weight is 530 g/mol. The van der Waals surface area contributed by atoms with Crippen LogP contribution in [-0.2, 0) is 26.2 Å². The van der Waals surface area contributed by atoms with E-state index in [0.717, 1.165) is 36.4 Å². The minimum Gasteiger partial charge on any atom is -0.352 e. The fourth-order valence-electron chi connectivity index (χ4n) is 4.91. The number of halogens is 1. The Morgan fingerprint density at radius 1 is 1.08 bits per heavy atom. The number of rotatable bonds is 9. The Bertz CT molecular complexity index is 1260. The highest BCUT2D eigenvalue weighted by molar-refractivity contribution is 7.90. The molecule has 2 aromatic rings. The van der Waals surface area contributed by atoms with Crippen molar-refractivity contribution < 1.29 is 27.2 Å². The van der Waals surface area contributed by atoms with Crippen molar-refractivity contribution in [3.05, 3.63) is 65.5 Å². The second-order valence-corrected chi connectivity index (χ2v) is 11.5. The van der Waals surface area contributed by atoms with E-state index in [2.05, 4.69) is 5.32 Å². The summed E-state index contributed by atoms with van der Waals surface area (Å²) < 4.78 is 39.8. The quantitative estimate of drug-likeness (QED) is 0.535. The summed E-state index contributed by atoms with van der Waals surface area (Å²) in [5.74, 6) is -1.61. The van der Waals surface area contributed by atoms with Crippen LogP contribution in [0.25, 0.3) is 0 Å². The molecule has 0 spiro atoms. The maximum Gasteiger partial charge on any atom is 0.269 e. The lowest BCUT2D eigenvalue weighted by molar-refractivity contribution is -0.141. The summed E-state index contributed by atoms with van der Waals surface area (Å²) >= 11 is 0. The largest absolute Gasteiger partial charge is 0.352 e. The fourth-order valence-corrected chi connectivity index (χ4v) is 6.51. The van der Waals surface area contributed by atoms with Gasteiger partial charge in [-0.1, -0.05) is 43.5 Å². The van der Waals surface area contributed by atoms with E-state index in [9.17, 15) is 27.2 Å². The Morgan fingerprint density at radius 3 is 2.43 bits per heavy atom. The van der Waals surface area contributed by atoms with Crippen molar-refractivity contribution in [2.75, 3.05) is 6.54 Å². The third kappa shape index (κ3) is 6.01. The maximum atomic E-state index is 13.4. The first kappa shape index (κ1) is 26.8. The van der Waals surface area contributed by atoms with E-state index in [1.165, 1.54) is 29.2 Å². The summed E-state index contributed by atoms with van der Waals surface area (Å²) in [4.78, 5) is 40.4. The molecule has 0 bridgehead atoms. The van der Waals surface area contributed by atoms with Gasteiger partial charge in [-0.3, -0.25) is 14.4 Å². The molecule has 1 unspecified atom stereocenters. The molecule has 1 saturated carbocycles. The van der Waals surface area contributed by atoms with Crippen LogP contribution in [0.15, 0.2) is 53.4 Å². The third-order valence-corrected chi connectivity index (χ3v) is 8.89. The summed E-state index contributed by atoms with van der Waals surface area (Å²) in [6.07, 6.45) is 5.12. The van der Waals surface area contributed by atoms with Crippen LogP contribution in [0.1, 0.15) is 67.8 Å². The molecule has 3 amide bonds. The molecule has 4 rings (SSSR count). The molecule has 2 aromatic carbocycles. The van der Waals surface area contributed by atoms with Gasteiger partial charge in [0.1, 0.15) is 16.8 Å². The number of amides is 3. The zero-order chi connectivity index (χ0) is 26.6. The summed E-state index contributed by atoms with van der Waals surface area (Å²) in [6.45, 7) is 1.62. The zero-order valence-electron chi connectivity index (χ0n) is 20.9. The third-order valence-electron chi connectivity index (χ3n) is 7.05. The van der Waals surface area contributed by atoms with Crippen molar-refractivity contribution in [3.63, 3.8) is 0 Å². The lowest BCUT2D eigenvalue weighted by atomic mass is 9.95. The van der Waals surface area contributed by atoms with E-state index in [1.807, 2.05) is 0 Å². The predicted octanol–water partition coefficient (Wildman–Crippen LogP) is 3.62. The van der Waals surface area contributed by atoms with Crippen molar-refractivity contribution in [1.82, 2.24) is 14.5 Å². The van der Waals surface area contributed by atoms with Gasteiger partial charge in [0, 0.05) is 25.6 Å². The Morgan fingerprint density at radius 2 is 1.76 bits per heavy atom. The summed E-state index contributed by atoms with van der Waals surface area (Å²) in [5.41, 5.74) is 0.791. The molecule has 37 heavy (non-hydrogen) atoms. The minimum absolute atomic E-state index is 0.0303. The molecular weight excluding hydrogens is 497 g/mol. The molecule has 2 aliphatic rings. The van der Waals surface area contributed by atoms with Crippen LogP contribution in [0, 0.1) is 5.82 Å². The second kappa shape index (κ2) is 11.4. The Labute approximate surface area is 216 Å². The van der Waals surface area contributed by atoms with Crippen LogP contribution >= 0.6 is 0 Å². The van der Waals surface area contributed by atoms with Crippen LogP contribution in [0.2, 0.25) is 0 Å². The van der Waals surface area contributed by atoms with Crippen LogP contribution in [0.5, 0.6) is 0 Å². The van der Waals surface area contributed by atoms with E-state index in [0.29, 0.717) is 5.56 Å². The topological polar surface area (TPSA) is 104 Å². The van der Waals surface area contributed by atoms with Gasteiger partial charge in [-0.05, 0) is 56.0 Å². The maximum absolute atomic E-state index is 13.4. The molecule has 10 heteroatoms. The van der Waals surface area contributed by atoms with Gasteiger partial charge < -0.3 is 10.2 Å². The van der Waals surface area contributed by atoms with Crippen molar-refractivity contribution in [2.45, 2.75) is 75.4 Å². The lowest BCUT2D eigenvalue weighted by Gasteiger charge is -2.31. The van der Waals surface area contributed by atoms with E-state index in [-0.39, 0.29) is 54.2 Å². The van der Waals surface area contributed by atoms with Gasteiger partial charge in [0.05, 0.1) is 5.56 Å². The number of fused-ring (bicyclic) bond motifs is 1. The Hall–Kier alpha value is -3.27. The molecule has 1 atom stereocenters. The SMILES string of the molecule is CC(C(=O)NC1CCCCC1)N(Cc1ccc(F)cc1)C(=O)CCCN1C(=O)c2ccccc2S1(=O)=O. The van der Waals surface area contributed by atoms with E-state index >= 15 is 0 Å². The van der Waals surface area contributed by atoms with Crippen molar-refractivity contribution >= 4 is 27.7 Å². The standard InChI is InChI=1S/C27H32FN3O5S/c1-19(26(33)29-22-8-3-2-4-9-22)30(18-20-13-15-21(28)16-14-20)25(32)12-7-17-31-27(34)23-10-5-6-11-24(23)37(31,35)36/h5-6,10-11,13-16,19,22H,2-4,7-9,12,17-18H2,1H3,(H,29,33). The van der Waals surface area contributed by atoms with Crippen LogP contribution < -0.4 is 5.32 Å². The highest BCUT2D eigenvalue weighted by Gasteiger charge is 2.40. The number of nitrogens with one attached hydrogen (secondary N) is 1. The highest BCUT2D eigenvalue weighted by Crippen LogP contribution is 2.30. The number of hydrogen-bond donors (Lipinski definition) is 1.